The molecular formula is C11H19N5. The van der Waals surface area contributed by atoms with E-state index < -0.39 is 0 Å². The predicted octanol–water partition coefficient (Wildman–Crippen LogP) is 1.75. The van der Waals surface area contributed by atoms with Crippen molar-refractivity contribution >= 4 is 11.6 Å². The van der Waals surface area contributed by atoms with Crippen molar-refractivity contribution in [3.8, 4) is 0 Å². The topological polar surface area (TPSA) is 75.9 Å². The zero-order valence-electron chi connectivity index (χ0n) is 9.66. The van der Waals surface area contributed by atoms with Gasteiger partial charge in [-0.2, -0.15) is 0 Å². The van der Waals surface area contributed by atoms with Gasteiger partial charge < -0.3 is 10.7 Å². The maximum absolute atomic E-state index is 5.29. The minimum atomic E-state index is 0.524. The number of hydrazine groups is 1. The number of nitrogen functional groups attached to an aromatic ring is 1. The maximum Gasteiger partial charge on any atom is 0.145 e. The number of nitrogens with two attached hydrogens (primary N) is 1. The van der Waals surface area contributed by atoms with E-state index in [4.69, 9.17) is 5.84 Å². The quantitative estimate of drug-likeness (QED) is 0.504. The Kier molecular flexibility index (Phi) is 3.24. The van der Waals surface area contributed by atoms with Gasteiger partial charge in [-0.05, 0) is 24.7 Å². The molecule has 1 aromatic rings. The zero-order valence-corrected chi connectivity index (χ0v) is 9.66. The summed E-state index contributed by atoms with van der Waals surface area (Å²) in [6.45, 7) is 3.24. The highest BCUT2D eigenvalue weighted by atomic mass is 15.3. The van der Waals surface area contributed by atoms with E-state index in [0.29, 0.717) is 11.2 Å². The Hall–Kier alpha value is -1.36. The summed E-state index contributed by atoms with van der Waals surface area (Å²) < 4.78 is 0. The minimum absolute atomic E-state index is 0.524. The van der Waals surface area contributed by atoms with Crippen molar-refractivity contribution in [2.45, 2.75) is 32.6 Å². The third-order valence-electron chi connectivity index (χ3n) is 3.20. The van der Waals surface area contributed by atoms with Crippen LogP contribution in [0.15, 0.2) is 12.4 Å². The monoisotopic (exact) mass is 221 g/mol. The van der Waals surface area contributed by atoms with Crippen LogP contribution in [0.4, 0.5) is 11.6 Å². The molecule has 0 amide bonds. The van der Waals surface area contributed by atoms with Crippen molar-refractivity contribution in [2.24, 2.45) is 11.3 Å². The van der Waals surface area contributed by atoms with Gasteiger partial charge in [0.1, 0.15) is 18.0 Å². The van der Waals surface area contributed by atoms with Crippen LogP contribution in [0, 0.1) is 5.41 Å². The highest BCUT2D eigenvalue weighted by Gasteiger charge is 2.41. The number of hydrogen-bond acceptors (Lipinski definition) is 5. The molecule has 16 heavy (non-hydrogen) atoms. The summed E-state index contributed by atoms with van der Waals surface area (Å²) in [7, 11) is 0. The SMILES string of the molecule is CCCC1(CNc2cc(NN)ncn2)CC1. The maximum atomic E-state index is 5.29. The van der Waals surface area contributed by atoms with Crippen LogP contribution in [-0.4, -0.2) is 16.5 Å². The first-order valence-electron chi connectivity index (χ1n) is 5.80. The number of nitrogens with one attached hydrogen (secondary N) is 2. The number of rotatable bonds is 6. The fraction of sp³-hybridized carbons (Fsp3) is 0.636. The second-order valence-electron chi connectivity index (χ2n) is 4.54. The molecule has 1 fully saturated rings. The molecule has 1 aliphatic carbocycles. The number of hydrogen-bond donors (Lipinski definition) is 3. The van der Waals surface area contributed by atoms with Crippen molar-refractivity contribution in [2.75, 3.05) is 17.3 Å². The average Bonchev–Trinajstić information content (AvgIpc) is 3.08. The Bertz CT molecular complexity index is 348. The summed E-state index contributed by atoms with van der Waals surface area (Å²) >= 11 is 0. The first-order chi connectivity index (χ1) is 7.78. The van der Waals surface area contributed by atoms with Crippen molar-refractivity contribution in [3.05, 3.63) is 12.4 Å². The van der Waals surface area contributed by atoms with Crippen molar-refractivity contribution in [1.82, 2.24) is 9.97 Å². The summed E-state index contributed by atoms with van der Waals surface area (Å²) in [6, 6.07) is 1.82. The van der Waals surface area contributed by atoms with Crippen molar-refractivity contribution < 1.29 is 0 Å². The molecule has 88 valence electrons. The van der Waals surface area contributed by atoms with Crippen LogP contribution in [0.25, 0.3) is 0 Å². The van der Waals surface area contributed by atoms with Gasteiger partial charge >= 0.3 is 0 Å². The third kappa shape index (κ3) is 2.61. The molecule has 1 heterocycles. The molecule has 1 aromatic heterocycles. The molecule has 0 saturated heterocycles. The van der Waals surface area contributed by atoms with Gasteiger partial charge in [0, 0.05) is 12.6 Å². The molecule has 1 aliphatic rings. The van der Waals surface area contributed by atoms with Gasteiger partial charge in [0.05, 0.1) is 0 Å². The summed E-state index contributed by atoms with van der Waals surface area (Å²) in [5, 5.41) is 3.36. The Balaban J connectivity index is 1.89. The van der Waals surface area contributed by atoms with Gasteiger partial charge in [0.25, 0.3) is 0 Å². The number of anilines is 2. The van der Waals surface area contributed by atoms with Crippen molar-refractivity contribution in [3.63, 3.8) is 0 Å². The second-order valence-corrected chi connectivity index (χ2v) is 4.54. The van der Waals surface area contributed by atoms with Gasteiger partial charge in [-0.25, -0.2) is 15.8 Å². The fourth-order valence-electron chi connectivity index (χ4n) is 2.03. The highest BCUT2D eigenvalue weighted by Crippen LogP contribution is 2.49. The van der Waals surface area contributed by atoms with E-state index in [1.807, 2.05) is 6.07 Å². The predicted molar refractivity (Wildman–Crippen MR) is 64.9 cm³/mol. The molecule has 0 atom stereocenters. The lowest BCUT2D eigenvalue weighted by atomic mass is 10.0. The minimum Gasteiger partial charge on any atom is -0.369 e. The van der Waals surface area contributed by atoms with E-state index in [0.717, 1.165) is 12.4 Å². The lowest BCUT2D eigenvalue weighted by Crippen LogP contribution is -2.16. The third-order valence-corrected chi connectivity index (χ3v) is 3.20. The molecule has 5 heteroatoms. The Morgan fingerprint density at radius 2 is 2.12 bits per heavy atom. The molecular weight excluding hydrogens is 202 g/mol. The molecule has 0 aliphatic heterocycles. The molecule has 4 N–H and O–H groups in total. The lowest BCUT2D eigenvalue weighted by molar-refractivity contribution is 0.485. The molecule has 1 saturated carbocycles. The molecule has 0 aromatic carbocycles. The Morgan fingerprint density at radius 3 is 2.75 bits per heavy atom. The normalized spacial score (nSPS) is 16.9. The fourth-order valence-corrected chi connectivity index (χ4v) is 2.03. The molecule has 5 nitrogen and oxygen atoms in total. The molecule has 0 bridgehead atoms. The van der Waals surface area contributed by atoms with Crippen LogP contribution in [0.3, 0.4) is 0 Å². The Morgan fingerprint density at radius 1 is 1.38 bits per heavy atom. The summed E-state index contributed by atoms with van der Waals surface area (Å²) in [6.07, 6.45) is 6.73. The zero-order chi connectivity index (χ0) is 11.4. The standard InChI is InChI=1S/C11H19N5/c1-2-3-11(4-5-11)7-13-9-6-10(16-12)15-8-14-9/h6,8H,2-5,7,12H2,1H3,(H2,13,14,15,16). The first-order valence-corrected chi connectivity index (χ1v) is 5.80. The van der Waals surface area contributed by atoms with Crippen LogP contribution >= 0.6 is 0 Å². The summed E-state index contributed by atoms with van der Waals surface area (Å²) in [5.74, 6) is 6.77. The van der Waals surface area contributed by atoms with E-state index in [2.05, 4.69) is 27.6 Å². The molecule has 0 unspecified atom stereocenters. The lowest BCUT2D eigenvalue weighted by Gasteiger charge is -2.15. The van der Waals surface area contributed by atoms with Gasteiger partial charge in [-0.1, -0.05) is 13.3 Å². The summed E-state index contributed by atoms with van der Waals surface area (Å²) in [4.78, 5) is 8.13. The van der Waals surface area contributed by atoms with Crippen LogP contribution in [0.1, 0.15) is 32.6 Å². The van der Waals surface area contributed by atoms with E-state index in [9.17, 15) is 0 Å². The molecule has 2 rings (SSSR count). The smallest absolute Gasteiger partial charge is 0.145 e. The van der Waals surface area contributed by atoms with Gasteiger partial charge in [0.15, 0.2) is 0 Å². The summed E-state index contributed by atoms with van der Waals surface area (Å²) in [5.41, 5.74) is 3.04. The van der Waals surface area contributed by atoms with E-state index in [1.165, 1.54) is 32.0 Å². The average molecular weight is 221 g/mol. The van der Waals surface area contributed by atoms with Gasteiger partial charge in [-0.3, -0.25) is 0 Å². The van der Waals surface area contributed by atoms with Gasteiger partial charge in [0.2, 0.25) is 0 Å². The van der Waals surface area contributed by atoms with Gasteiger partial charge in [-0.15, -0.1) is 0 Å². The largest absolute Gasteiger partial charge is 0.369 e. The van der Waals surface area contributed by atoms with Crippen LogP contribution in [0.2, 0.25) is 0 Å². The first kappa shape index (κ1) is 11.1. The van der Waals surface area contributed by atoms with E-state index in [1.54, 1.807) is 0 Å². The van der Waals surface area contributed by atoms with Crippen LogP contribution < -0.4 is 16.6 Å². The molecule has 0 radical (unpaired) electrons. The Labute approximate surface area is 95.8 Å². The number of nitrogens with zero attached hydrogens (tertiary/aromatic N) is 2. The van der Waals surface area contributed by atoms with E-state index in [-0.39, 0.29) is 0 Å². The molecule has 0 spiro atoms. The van der Waals surface area contributed by atoms with Crippen LogP contribution in [0.5, 0.6) is 0 Å². The van der Waals surface area contributed by atoms with E-state index >= 15 is 0 Å². The highest BCUT2D eigenvalue weighted by molar-refractivity contribution is 5.45. The number of aromatic nitrogens is 2. The second kappa shape index (κ2) is 4.65. The van der Waals surface area contributed by atoms with Crippen LogP contribution in [-0.2, 0) is 0 Å². The van der Waals surface area contributed by atoms with Crippen molar-refractivity contribution in [1.29, 1.82) is 0 Å².